The summed E-state index contributed by atoms with van der Waals surface area (Å²) < 4.78 is 18.8. The summed E-state index contributed by atoms with van der Waals surface area (Å²) in [5.74, 6) is -1.04. The number of rotatable bonds is 7. The molecular weight excluding hydrogens is 449 g/mol. The van der Waals surface area contributed by atoms with Gasteiger partial charge in [0.15, 0.2) is 0 Å². The lowest BCUT2D eigenvalue weighted by Crippen LogP contribution is -2.43. The topological polar surface area (TPSA) is 87.7 Å². The van der Waals surface area contributed by atoms with Crippen molar-refractivity contribution in [1.29, 1.82) is 0 Å². The third-order valence-electron chi connectivity index (χ3n) is 5.88. The molecule has 4 rings (SSSR count). The Kier molecular flexibility index (Phi) is 7.40. The SMILES string of the molecule is COc1ccc(NC(=O)C2CCCN2C(=O)Cc2ccccc2)cc1NC(=O)c1cccc(F)c1. The Bertz CT molecular complexity index is 1230. The van der Waals surface area contributed by atoms with Crippen LogP contribution in [-0.4, -0.2) is 42.3 Å². The van der Waals surface area contributed by atoms with Crippen molar-refractivity contribution in [3.05, 3.63) is 89.7 Å². The first-order valence-corrected chi connectivity index (χ1v) is 11.3. The van der Waals surface area contributed by atoms with Gasteiger partial charge in [-0.3, -0.25) is 14.4 Å². The smallest absolute Gasteiger partial charge is 0.255 e. The zero-order valence-electron chi connectivity index (χ0n) is 19.3. The summed E-state index contributed by atoms with van der Waals surface area (Å²) in [4.78, 5) is 40.1. The maximum Gasteiger partial charge on any atom is 0.255 e. The molecule has 0 saturated carbocycles. The molecule has 3 aromatic carbocycles. The van der Waals surface area contributed by atoms with Gasteiger partial charge >= 0.3 is 0 Å². The lowest BCUT2D eigenvalue weighted by Gasteiger charge is -2.24. The lowest BCUT2D eigenvalue weighted by molar-refractivity contribution is -0.136. The van der Waals surface area contributed by atoms with E-state index in [2.05, 4.69) is 10.6 Å². The molecule has 35 heavy (non-hydrogen) atoms. The summed E-state index contributed by atoms with van der Waals surface area (Å²) in [6.45, 7) is 0.529. The van der Waals surface area contributed by atoms with E-state index in [9.17, 15) is 18.8 Å². The van der Waals surface area contributed by atoms with Crippen LogP contribution in [0.1, 0.15) is 28.8 Å². The van der Waals surface area contributed by atoms with Crippen molar-refractivity contribution in [3.8, 4) is 5.75 Å². The minimum Gasteiger partial charge on any atom is -0.495 e. The fraction of sp³-hybridized carbons (Fsp3) is 0.222. The lowest BCUT2D eigenvalue weighted by atomic mass is 10.1. The largest absolute Gasteiger partial charge is 0.495 e. The highest BCUT2D eigenvalue weighted by molar-refractivity contribution is 6.06. The second kappa shape index (κ2) is 10.8. The van der Waals surface area contributed by atoms with Crippen molar-refractivity contribution in [3.63, 3.8) is 0 Å². The molecule has 1 saturated heterocycles. The highest BCUT2D eigenvalue weighted by Crippen LogP contribution is 2.29. The zero-order chi connectivity index (χ0) is 24.8. The fourth-order valence-electron chi connectivity index (χ4n) is 4.14. The molecule has 1 unspecified atom stereocenters. The molecule has 1 fully saturated rings. The monoisotopic (exact) mass is 475 g/mol. The predicted octanol–water partition coefficient (Wildman–Crippen LogP) is 4.26. The summed E-state index contributed by atoms with van der Waals surface area (Å²) in [5, 5.41) is 5.54. The number of carbonyl (C=O) groups excluding carboxylic acids is 3. The Balaban J connectivity index is 1.45. The Hall–Kier alpha value is -4.20. The molecule has 180 valence electrons. The number of methoxy groups -OCH3 is 1. The highest BCUT2D eigenvalue weighted by atomic mass is 19.1. The maximum absolute atomic E-state index is 13.5. The van der Waals surface area contributed by atoms with Crippen LogP contribution in [0.25, 0.3) is 0 Å². The Labute approximate surface area is 202 Å². The Morgan fingerprint density at radius 2 is 1.80 bits per heavy atom. The Morgan fingerprint density at radius 1 is 1.00 bits per heavy atom. The second-order valence-electron chi connectivity index (χ2n) is 8.28. The number of hydrogen-bond acceptors (Lipinski definition) is 4. The van der Waals surface area contributed by atoms with Gasteiger partial charge in [0.2, 0.25) is 11.8 Å². The van der Waals surface area contributed by atoms with Gasteiger partial charge in [0.1, 0.15) is 17.6 Å². The molecule has 1 aliphatic rings. The molecule has 8 heteroatoms. The van der Waals surface area contributed by atoms with Gasteiger partial charge in [-0.1, -0.05) is 36.4 Å². The van der Waals surface area contributed by atoms with E-state index in [0.29, 0.717) is 30.1 Å². The molecule has 1 atom stereocenters. The molecule has 1 aliphatic heterocycles. The van der Waals surface area contributed by atoms with Crippen LogP contribution in [0.3, 0.4) is 0 Å². The molecular formula is C27H26FN3O4. The first kappa shape index (κ1) is 23.9. The van der Waals surface area contributed by atoms with Gasteiger partial charge in [0.25, 0.3) is 5.91 Å². The number of ether oxygens (including phenoxy) is 1. The van der Waals surface area contributed by atoms with Crippen LogP contribution in [-0.2, 0) is 16.0 Å². The standard InChI is InChI=1S/C27H26FN3O4/c1-35-24-13-12-21(17-22(24)30-26(33)19-9-5-10-20(28)16-19)29-27(34)23-11-6-14-31(23)25(32)15-18-7-3-2-4-8-18/h2-5,7-10,12-13,16-17,23H,6,11,14-15H2,1H3,(H,29,34)(H,30,33). The van der Waals surface area contributed by atoms with Gasteiger partial charge in [-0.15, -0.1) is 0 Å². The van der Waals surface area contributed by atoms with Crippen molar-refractivity contribution in [2.24, 2.45) is 0 Å². The van der Waals surface area contributed by atoms with Gasteiger partial charge in [0, 0.05) is 17.8 Å². The van der Waals surface area contributed by atoms with Gasteiger partial charge in [0.05, 0.1) is 19.2 Å². The minimum absolute atomic E-state index is 0.0911. The van der Waals surface area contributed by atoms with Crippen LogP contribution in [0.4, 0.5) is 15.8 Å². The van der Waals surface area contributed by atoms with Gasteiger partial charge in [-0.2, -0.15) is 0 Å². The number of anilines is 2. The van der Waals surface area contributed by atoms with E-state index in [-0.39, 0.29) is 23.8 Å². The van der Waals surface area contributed by atoms with E-state index in [1.165, 1.54) is 25.3 Å². The van der Waals surface area contributed by atoms with Crippen LogP contribution in [0.5, 0.6) is 5.75 Å². The van der Waals surface area contributed by atoms with Crippen molar-refractivity contribution in [2.45, 2.75) is 25.3 Å². The van der Waals surface area contributed by atoms with Crippen LogP contribution in [0, 0.1) is 5.82 Å². The first-order chi connectivity index (χ1) is 16.9. The third-order valence-corrected chi connectivity index (χ3v) is 5.88. The molecule has 3 amide bonds. The molecule has 0 aromatic heterocycles. The van der Waals surface area contributed by atoms with E-state index >= 15 is 0 Å². The van der Waals surface area contributed by atoms with E-state index < -0.39 is 17.8 Å². The van der Waals surface area contributed by atoms with Gasteiger partial charge in [-0.25, -0.2) is 4.39 Å². The number of carbonyl (C=O) groups is 3. The maximum atomic E-state index is 13.5. The van der Waals surface area contributed by atoms with Crippen molar-refractivity contribution in [2.75, 3.05) is 24.3 Å². The van der Waals surface area contributed by atoms with E-state index in [0.717, 1.165) is 18.1 Å². The number of amides is 3. The number of likely N-dealkylation sites (tertiary alicyclic amines) is 1. The normalized spacial score (nSPS) is 14.9. The number of halogens is 1. The fourth-order valence-corrected chi connectivity index (χ4v) is 4.14. The third kappa shape index (κ3) is 5.84. The van der Waals surface area contributed by atoms with Crippen LogP contribution in [0.15, 0.2) is 72.8 Å². The zero-order valence-corrected chi connectivity index (χ0v) is 19.3. The summed E-state index contributed by atoms with van der Waals surface area (Å²) >= 11 is 0. The summed E-state index contributed by atoms with van der Waals surface area (Å²) in [5.41, 5.74) is 1.81. The molecule has 0 radical (unpaired) electrons. The average molecular weight is 476 g/mol. The molecule has 1 heterocycles. The van der Waals surface area contributed by atoms with Gasteiger partial charge < -0.3 is 20.3 Å². The van der Waals surface area contributed by atoms with Crippen molar-refractivity contribution < 1.29 is 23.5 Å². The summed E-state index contributed by atoms with van der Waals surface area (Å²) in [6, 6.07) is 19.0. The molecule has 3 aromatic rings. The van der Waals surface area contributed by atoms with Crippen molar-refractivity contribution >= 4 is 29.1 Å². The quantitative estimate of drug-likeness (QED) is 0.535. The predicted molar refractivity (Wildman–Crippen MR) is 131 cm³/mol. The van der Waals surface area contributed by atoms with Crippen LogP contribution >= 0.6 is 0 Å². The van der Waals surface area contributed by atoms with Crippen LogP contribution < -0.4 is 15.4 Å². The average Bonchev–Trinajstić information content (AvgIpc) is 3.35. The number of nitrogens with zero attached hydrogens (tertiary/aromatic N) is 1. The highest BCUT2D eigenvalue weighted by Gasteiger charge is 2.34. The number of nitrogens with one attached hydrogen (secondary N) is 2. The van der Waals surface area contributed by atoms with E-state index in [4.69, 9.17) is 4.74 Å². The number of benzene rings is 3. The van der Waals surface area contributed by atoms with Gasteiger partial charge in [-0.05, 0) is 54.8 Å². The number of hydrogen-bond donors (Lipinski definition) is 2. The summed E-state index contributed by atoms with van der Waals surface area (Å²) in [7, 11) is 1.46. The summed E-state index contributed by atoms with van der Waals surface area (Å²) in [6.07, 6.45) is 1.56. The molecule has 0 bridgehead atoms. The van der Waals surface area contributed by atoms with E-state index in [1.54, 1.807) is 23.1 Å². The first-order valence-electron chi connectivity index (χ1n) is 11.3. The second-order valence-corrected chi connectivity index (χ2v) is 8.28. The molecule has 0 spiro atoms. The minimum atomic E-state index is -0.571. The molecule has 0 aliphatic carbocycles. The van der Waals surface area contributed by atoms with Crippen molar-refractivity contribution in [1.82, 2.24) is 4.90 Å². The Morgan fingerprint density at radius 3 is 2.54 bits per heavy atom. The van der Waals surface area contributed by atoms with E-state index in [1.807, 2.05) is 30.3 Å². The van der Waals surface area contributed by atoms with Crippen LogP contribution in [0.2, 0.25) is 0 Å². The molecule has 7 nitrogen and oxygen atoms in total. The molecule has 2 N–H and O–H groups in total.